The van der Waals surface area contributed by atoms with Crippen molar-refractivity contribution in [1.82, 2.24) is 10.6 Å². The third kappa shape index (κ3) is 4.04. The minimum atomic E-state index is -0.440. The van der Waals surface area contributed by atoms with Crippen LogP contribution in [-0.2, 0) is 9.53 Å². The number of rotatable bonds is 4. The maximum absolute atomic E-state index is 13.1. The molecule has 1 atom stereocenters. The molecule has 0 bridgehead atoms. The Labute approximate surface area is 169 Å². The molecule has 3 rings (SSSR count). The first kappa shape index (κ1) is 19.6. The smallest absolute Gasteiger partial charge is 0.337 e. The topological polar surface area (TPSA) is 79.5 Å². The Bertz CT molecular complexity index is 967. The lowest BCUT2D eigenvalue weighted by atomic mass is 9.94. The van der Waals surface area contributed by atoms with Gasteiger partial charge in [0.15, 0.2) is 5.11 Å². The largest absolute Gasteiger partial charge is 0.465 e. The van der Waals surface area contributed by atoms with E-state index in [9.17, 15) is 9.59 Å². The molecule has 2 aromatic rings. The number of nitrogens with one attached hydrogen (secondary N) is 3. The van der Waals surface area contributed by atoms with Crippen LogP contribution in [0.5, 0.6) is 0 Å². The van der Waals surface area contributed by atoms with Crippen molar-refractivity contribution in [2.24, 2.45) is 0 Å². The van der Waals surface area contributed by atoms with Gasteiger partial charge in [0.1, 0.15) is 0 Å². The number of carbonyl (C=O) groups is 2. The van der Waals surface area contributed by atoms with Gasteiger partial charge in [0.2, 0.25) is 0 Å². The molecule has 7 heteroatoms. The number of methoxy groups -OCH3 is 1. The third-order valence-electron chi connectivity index (χ3n) is 4.57. The summed E-state index contributed by atoms with van der Waals surface area (Å²) in [7, 11) is 1.34. The average Bonchev–Trinajstić information content (AvgIpc) is 2.68. The Morgan fingerprint density at radius 3 is 2.39 bits per heavy atom. The number of hydrogen-bond acceptors (Lipinski definition) is 4. The summed E-state index contributed by atoms with van der Waals surface area (Å²) < 4.78 is 4.73. The Kier molecular flexibility index (Phi) is 5.75. The molecule has 1 aliphatic rings. The van der Waals surface area contributed by atoms with E-state index in [2.05, 4.69) is 16.0 Å². The molecular formula is C21H21N3O3S. The van der Waals surface area contributed by atoms with Crippen molar-refractivity contribution in [2.45, 2.75) is 19.9 Å². The van der Waals surface area contributed by atoms with Gasteiger partial charge in [-0.2, -0.15) is 0 Å². The Morgan fingerprint density at radius 2 is 1.75 bits per heavy atom. The standard InChI is InChI=1S/C21H21N3O3S/c1-12-6-4-5-7-16(12)23-19(25)17-13(2)22-21(28)24-18(17)14-8-10-15(11-9-14)20(26)27-3/h4-11,18H,1-3H3,(H,23,25)(H2,22,24,28). The van der Waals surface area contributed by atoms with E-state index in [-0.39, 0.29) is 5.91 Å². The van der Waals surface area contributed by atoms with E-state index in [1.165, 1.54) is 7.11 Å². The summed E-state index contributed by atoms with van der Waals surface area (Å²) in [6, 6.07) is 14.1. The number of amides is 1. The van der Waals surface area contributed by atoms with Crippen LogP contribution in [-0.4, -0.2) is 24.1 Å². The zero-order chi connectivity index (χ0) is 20.3. The van der Waals surface area contributed by atoms with Gasteiger partial charge >= 0.3 is 5.97 Å². The molecule has 6 nitrogen and oxygen atoms in total. The second-order valence-corrected chi connectivity index (χ2v) is 6.86. The van der Waals surface area contributed by atoms with Crippen molar-refractivity contribution >= 4 is 34.9 Å². The summed E-state index contributed by atoms with van der Waals surface area (Å²) in [5.74, 6) is -0.638. The zero-order valence-electron chi connectivity index (χ0n) is 15.8. The summed E-state index contributed by atoms with van der Waals surface area (Å²) in [5, 5.41) is 9.56. The highest BCUT2D eigenvalue weighted by molar-refractivity contribution is 7.80. The Balaban J connectivity index is 1.93. The average molecular weight is 395 g/mol. The summed E-state index contributed by atoms with van der Waals surface area (Å²) in [4.78, 5) is 24.7. The summed E-state index contributed by atoms with van der Waals surface area (Å²) in [5.41, 5.74) is 4.18. The van der Waals surface area contributed by atoms with Crippen LogP contribution in [0.3, 0.4) is 0 Å². The lowest BCUT2D eigenvalue weighted by Gasteiger charge is -2.30. The summed E-state index contributed by atoms with van der Waals surface area (Å²) >= 11 is 5.27. The number of anilines is 1. The number of aryl methyl sites for hydroxylation is 1. The zero-order valence-corrected chi connectivity index (χ0v) is 16.6. The molecule has 0 fully saturated rings. The maximum atomic E-state index is 13.1. The van der Waals surface area contributed by atoms with Crippen molar-refractivity contribution in [1.29, 1.82) is 0 Å². The van der Waals surface area contributed by atoms with Gasteiger partial charge in [0, 0.05) is 11.4 Å². The van der Waals surface area contributed by atoms with E-state index < -0.39 is 12.0 Å². The number of carbonyl (C=O) groups excluding carboxylic acids is 2. The van der Waals surface area contributed by atoms with Gasteiger partial charge in [-0.25, -0.2) is 4.79 Å². The van der Waals surface area contributed by atoms with E-state index in [0.717, 1.165) is 16.8 Å². The normalized spacial score (nSPS) is 16.1. The molecule has 0 saturated heterocycles. The van der Waals surface area contributed by atoms with Gasteiger partial charge in [0.05, 0.1) is 24.3 Å². The molecular weight excluding hydrogens is 374 g/mol. The first-order valence-corrected chi connectivity index (χ1v) is 9.15. The van der Waals surface area contributed by atoms with Crippen LogP contribution in [0.2, 0.25) is 0 Å². The SMILES string of the molecule is COC(=O)c1ccc(C2NC(=S)NC(C)=C2C(=O)Nc2ccccc2C)cc1. The molecule has 28 heavy (non-hydrogen) atoms. The van der Waals surface area contributed by atoms with Gasteiger partial charge in [-0.1, -0.05) is 30.3 Å². The van der Waals surface area contributed by atoms with Crippen LogP contribution in [0, 0.1) is 6.92 Å². The first-order valence-electron chi connectivity index (χ1n) is 8.74. The van der Waals surface area contributed by atoms with E-state index in [1.807, 2.05) is 38.1 Å². The summed E-state index contributed by atoms with van der Waals surface area (Å²) in [6.07, 6.45) is 0. The highest BCUT2D eigenvalue weighted by Gasteiger charge is 2.30. The fourth-order valence-electron chi connectivity index (χ4n) is 3.08. The predicted molar refractivity (Wildman–Crippen MR) is 112 cm³/mol. The molecule has 0 spiro atoms. The first-order chi connectivity index (χ1) is 13.4. The monoisotopic (exact) mass is 395 g/mol. The number of esters is 1. The lowest BCUT2D eigenvalue weighted by Crippen LogP contribution is -2.45. The molecule has 0 radical (unpaired) electrons. The number of ether oxygens (including phenoxy) is 1. The molecule has 0 aliphatic carbocycles. The minimum Gasteiger partial charge on any atom is -0.465 e. The van der Waals surface area contributed by atoms with Gasteiger partial charge in [0.25, 0.3) is 5.91 Å². The van der Waals surface area contributed by atoms with E-state index >= 15 is 0 Å². The van der Waals surface area contributed by atoms with Crippen LogP contribution in [0.1, 0.15) is 34.5 Å². The van der Waals surface area contributed by atoms with Crippen LogP contribution in [0.4, 0.5) is 5.69 Å². The summed E-state index contributed by atoms with van der Waals surface area (Å²) in [6.45, 7) is 3.75. The number of thiocarbonyl (C=S) groups is 1. The highest BCUT2D eigenvalue weighted by Crippen LogP contribution is 2.28. The van der Waals surface area contributed by atoms with Crippen LogP contribution < -0.4 is 16.0 Å². The van der Waals surface area contributed by atoms with Gasteiger partial charge in [-0.3, -0.25) is 4.79 Å². The molecule has 1 unspecified atom stereocenters. The van der Waals surface area contributed by atoms with Crippen LogP contribution >= 0.6 is 12.2 Å². The van der Waals surface area contributed by atoms with Gasteiger partial charge < -0.3 is 20.7 Å². The molecule has 1 aliphatic heterocycles. The maximum Gasteiger partial charge on any atom is 0.337 e. The fourth-order valence-corrected chi connectivity index (χ4v) is 3.35. The number of allylic oxidation sites excluding steroid dienone is 1. The quantitative estimate of drug-likeness (QED) is 0.545. The second-order valence-electron chi connectivity index (χ2n) is 6.45. The third-order valence-corrected chi connectivity index (χ3v) is 4.79. The molecule has 144 valence electrons. The molecule has 1 amide bonds. The number of para-hydroxylation sites is 1. The Morgan fingerprint density at radius 1 is 1.07 bits per heavy atom. The van der Waals surface area contributed by atoms with Crippen molar-refractivity contribution in [3.05, 3.63) is 76.5 Å². The second kappa shape index (κ2) is 8.22. The molecule has 0 saturated carbocycles. The minimum absolute atomic E-state index is 0.226. The molecule has 1 heterocycles. The van der Waals surface area contributed by atoms with Crippen LogP contribution in [0.25, 0.3) is 0 Å². The highest BCUT2D eigenvalue weighted by atomic mass is 32.1. The van der Waals surface area contributed by atoms with Crippen LogP contribution in [0.15, 0.2) is 59.8 Å². The van der Waals surface area contributed by atoms with Crippen molar-refractivity contribution in [3.63, 3.8) is 0 Å². The van der Waals surface area contributed by atoms with Crippen molar-refractivity contribution in [3.8, 4) is 0 Å². The lowest BCUT2D eigenvalue weighted by molar-refractivity contribution is -0.113. The molecule has 2 aromatic carbocycles. The van der Waals surface area contributed by atoms with E-state index in [1.54, 1.807) is 24.3 Å². The van der Waals surface area contributed by atoms with E-state index in [4.69, 9.17) is 17.0 Å². The Hall–Kier alpha value is -3.19. The fraction of sp³-hybridized carbons (Fsp3) is 0.190. The van der Waals surface area contributed by atoms with E-state index in [0.29, 0.717) is 21.9 Å². The van der Waals surface area contributed by atoms with Gasteiger partial charge in [-0.15, -0.1) is 0 Å². The van der Waals surface area contributed by atoms with Crippen molar-refractivity contribution in [2.75, 3.05) is 12.4 Å². The van der Waals surface area contributed by atoms with Crippen molar-refractivity contribution < 1.29 is 14.3 Å². The number of benzene rings is 2. The number of hydrogen-bond donors (Lipinski definition) is 3. The molecule has 0 aromatic heterocycles. The molecule has 3 N–H and O–H groups in total. The predicted octanol–water partition coefficient (Wildman–Crippen LogP) is 3.21. The van der Waals surface area contributed by atoms with Gasteiger partial charge in [-0.05, 0) is 55.4 Å².